The van der Waals surface area contributed by atoms with Gasteiger partial charge < -0.3 is 19.1 Å². The monoisotopic (exact) mass is 593 g/mol. The first-order valence-electron chi connectivity index (χ1n) is 12.3. The van der Waals surface area contributed by atoms with E-state index >= 15 is 0 Å². The van der Waals surface area contributed by atoms with Crippen LogP contribution >= 0.6 is 19.3 Å². The van der Waals surface area contributed by atoms with E-state index in [0.29, 0.717) is 0 Å². The van der Waals surface area contributed by atoms with Gasteiger partial charge in [-0.15, -0.1) is 11.6 Å². The van der Waals surface area contributed by atoms with E-state index in [0.717, 1.165) is 16.2 Å². The number of aromatic amines is 1. The molecule has 0 amide bonds. The van der Waals surface area contributed by atoms with E-state index in [9.17, 15) is 24.1 Å². The molecule has 0 spiro atoms. The highest BCUT2D eigenvalue weighted by Crippen LogP contribution is 2.48. The van der Waals surface area contributed by atoms with Crippen LogP contribution in [0.15, 0.2) is 82.5 Å². The maximum Gasteiger partial charge on any atom is 0.459 e. The predicted octanol–water partition coefficient (Wildman–Crippen LogP) is 2.72. The number of nitrogens with zero attached hydrogens (tertiary/aromatic N) is 1. The quantitative estimate of drug-likeness (QED) is 0.171. The van der Waals surface area contributed by atoms with Crippen molar-refractivity contribution in [2.24, 2.45) is 0 Å². The molecule has 1 aliphatic rings. The van der Waals surface area contributed by atoms with Crippen LogP contribution in [0, 0.1) is 0 Å². The Kier molecular flexibility index (Phi) is 9.29. The zero-order chi connectivity index (χ0) is 28.9. The summed E-state index contributed by atoms with van der Waals surface area (Å²) >= 11 is 6.56. The van der Waals surface area contributed by atoms with E-state index in [1.165, 1.54) is 20.0 Å². The van der Waals surface area contributed by atoms with E-state index in [2.05, 4.69) is 10.1 Å². The van der Waals surface area contributed by atoms with Crippen molar-refractivity contribution in [2.45, 2.75) is 49.8 Å². The Morgan fingerprint density at radius 1 is 1.18 bits per heavy atom. The SMILES string of the molecule is CC(NP(=O)(OC[C@H]1O[C@@H](n2ccc(=O)[nH]c2=O)[C@](C)(Cl)[C@@H]1O)Oc1ccccc1)C(=O)OCc1ccccc1. The molecule has 0 saturated carbocycles. The minimum absolute atomic E-state index is 0.0122. The molecule has 2 heterocycles. The zero-order valence-electron chi connectivity index (χ0n) is 21.6. The van der Waals surface area contributed by atoms with E-state index in [1.54, 1.807) is 42.5 Å². The number of halogens is 1. The number of H-pyrrole nitrogens is 1. The number of hydrogen-bond donors (Lipinski definition) is 3. The Labute approximate surface area is 234 Å². The van der Waals surface area contributed by atoms with Crippen molar-refractivity contribution in [3.63, 3.8) is 0 Å². The second-order valence-corrected chi connectivity index (χ2v) is 11.8. The summed E-state index contributed by atoms with van der Waals surface area (Å²) in [6, 6.07) is 17.2. The fraction of sp³-hybridized carbons (Fsp3) is 0.346. The number of alkyl halides is 1. The molecule has 40 heavy (non-hydrogen) atoms. The molecule has 1 aromatic heterocycles. The number of carbonyl (C=O) groups is 1. The third-order valence-corrected chi connectivity index (χ3v) is 8.18. The summed E-state index contributed by atoms with van der Waals surface area (Å²) in [6.07, 6.45) is -2.56. The number of aliphatic hydroxyl groups excluding tert-OH is 1. The molecule has 1 saturated heterocycles. The molecule has 2 unspecified atom stereocenters. The largest absolute Gasteiger partial charge is 0.460 e. The Balaban J connectivity index is 1.48. The number of ether oxygens (including phenoxy) is 2. The molecule has 14 heteroatoms. The van der Waals surface area contributed by atoms with Crippen LogP contribution in [0.2, 0.25) is 0 Å². The highest BCUT2D eigenvalue weighted by molar-refractivity contribution is 7.52. The van der Waals surface area contributed by atoms with Crippen molar-refractivity contribution < 1.29 is 33.0 Å². The summed E-state index contributed by atoms with van der Waals surface area (Å²) in [4.78, 5) is 37.0. The summed E-state index contributed by atoms with van der Waals surface area (Å²) in [5.41, 5.74) is -0.631. The second-order valence-electron chi connectivity index (χ2n) is 9.28. The van der Waals surface area contributed by atoms with Crippen molar-refractivity contribution >= 4 is 25.3 Å². The average Bonchev–Trinajstić information content (AvgIpc) is 3.15. The van der Waals surface area contributed by atoms with Gasteiger partial charge in [-0.2, -0.15) is 5.09 Å². The lowest BCUT2D eigenvalue weighted by Crippen LogP contribution is -2.43. The van der Waals surface area contributed by atoms with Crippen LogP contribution in [-0.2, 0) is 30.0 Å². The van der Waals surface area contributed by atoms with Gasteiger partial charge in [0.1, 0.15) is 35.5 Å². The summed E-state index contributed by atoms with van der Waals surface area (Å²) in [5, 5.41) is 13.4. The summed E-state index contributed by atoms with van der Waals surface area (Å²) in [6.45, 7) is 2.40. The maximum atomic E-state index is 13.8. The number of carbonyl (C=O) groups excluding carboxylic acids is 1. The van der Waals surface area contributed by atoms with Crippen LogP contribution in [0.5, 0.6) is 5.75 Å². The smallest absolute Gasteiger partial charge is 0.459 e. The third kappa shape index (κ3) is 7.08. The first kappa shape index (κ1) is 29.7. The maximum absolute atomic E-state index is 13.8. The standard InChI is InChI=1S/C26H29ClN3O9P/c1-17(23(33)36-15-18-9-5-3-6-10-18)29-40(35,39-19-11-7-4-8-12-19)37-16-20-22(32)26(2,27)24(38-20)30-14-13-21(31)28-25(30)34/h3-14,17,20,22,24,32H,15-16H2,1-2H3,(H,29,35)(H,28,31,34)/t17?,20-,22-,24-,26-,40?/m1/s1. The number of hydrogen-bond acceptors (Lipinski definition) is 9. The normalized spacial score (nSPS) is 24.6. The van der Waals surface area contributed by atoms with E-state index in [1.807, 2.05) is 18.2 Å². The van der Waals surface area contributed by atoms with Gasteiger partial charge in [-0.3, -0.25) is 23.7 Å². The minimum Gasteiger partial charge on any atom is -0.460 e. The van der Waals surface area contributed by atoms with Gasteiger partial charge in [0.2, 0.25) is 0 Å². The van der Waals surface area contributed by atoms with Gasteiger partial charge >= 0.3 is 19.4 Å². The van der Waals surface area contributed by atoms with Crippen molar-refractivity contribution in [2.75, 3.05) is 6.61 Å². The number of esters is 1. The molecular weight excluding hydrogens is 565 g/mol. The van der Waals surface area contributed by atoms with Crippen LogP contribution in [0.3, 0.4) is 0 Å². The fourth-order valence-electron chi connectivity index (χ4n) is 3.99. The lowest BCUT2D eigenvalue weighted by molar-refractivity contribution is -0.146. The fourth-order valence-corrected chi connectivity index (χ4v) is 5.79. The van der Waals surface area contributed by atoms with E-state index in [-0.39, 0.29) is 12.4 Å². The lowest BCUT2D eigenvalue weighted by atomic mass is 10.0. The van der Waals surface area contributed by atoms with Crippen LogP contribution in [-0.4, -0.2) is 50.4 Å². The van der Waals surface area contributed by atoms with Crippen LogP contribution in [0.4, 0.5) is 0 Å². The van der Waals surface area contributed by atoms with Crippen LogP contribution in [0.1, 0.15) is 25.6 Å². The molecular formula is C26H29ClN3O9P. The Morgan fingerprint density at radius 2 is 1.82 bits per heavy atom. The Bertz CT molecular complexity index is 1470. The number of benzene rings is 2. The first-order chi connectivity index (χ1) is 19.0. The highest BCUT2D eigenvalue weighted by atomic mass is 35.5. The predicted molar refractivity (Wildman–Crippen MR) is 145 cm³/mol. The van der Waals surface area contributed by atoms with Crippen LogP contribution < -0.4 is 20.9 Å². The molecule has 214 valence electrons. The summed E-state index contributed by atoms with van der Waals surface area (Å²) < 4.78 is 37.2. The van der Waals surface area contributed by atoms with Crippen molar-refractivity contribution in [1.82, 2.24) is 14.6 Å². The molecule has 1 fully saturated rings. The number of aliphatic hydroxyl groups is 1. The minimum atomic E-state index is -4.28. The topological polar surface area (TPSA) is 158 Å². The second kappa shape index (κ2) is 12.5. The molecule has 0 bridgehead atoms. The van der Waals surface area contributed by atoms with Gasteiger partial charge in [0.05, 0.1) is 6.61 Å². The first-order valence-corrected chi connectivity index (χ1v) is 14.2. The van der Waals surface area contributed by atoms with Gasteiger partial charge in [0, 0.05) is 12.3 Å². The zero-order valence-corrected chi connectivity index (χ0v) is 23.3. The number of nitrogens with one attached hydrogen (secondary N) is 2. The van der Waals surface area contributed by atoms with Crippen molar-refractivity contribution in [1.29, 1.82) is 0 Å². The third-order valence-electron chi connectivity index (χ3n) is 6.13. The number of aromatic nitrogens is 2. The Morgan fingerprint density at radius 3 is 2.48 bits per heavy atom. The van der Waals surface area contributed by atoms with Crippen molar-refractivity contribution in [3.8, 4) is 5.75 Å². The number of rotatable bonds is 11. The molecule has 1 aliphatic heterocycles. The van der Waals surface area contributed by atoms with Gasteiger partial charge in [0.25, 0.3) is 5.56 Å². The molecule has 3 aromatic rings. The summed E-state index contributed by atoms with van der Waals surface area (Å²) in [7, 11) is -4.28. The average molecular weight is 594 g/mol. The molecule has 0 aliphatic carbocycles. The molecule has 3 N–H and O–H groups in total. The lowest BCUT2D eigenvalue weighted by Gasteiger charge is -2.26. The summed E-state index contributed by atoms with van der Waals surface area (Å²) in [5.74, 6) is -0.511. The van der Waals surface area contributed by atoms with Gasteiger partial charge in [-0.25, -0.2) is 9.36 Å². The molecule has 0 radical (unpaired) electrons. The van der Waals surface area contributed by atoms with Gasteiger partial charge in [-0.05, 0) is 31.5 Å². The Hall–Kier alpha value is -3.25. The van der Waals surface area contributed by atoms with Crippen LogP contribution in [0.25, 0.3) is 0 Å². The number of para-hydroxylation sites is 1. The van der Waals surface area contributed by atoms with Crippen molar-refractivity contribution in [3.05, 3.63) is 99.3 Å². The molecule has 6 atom stereocenters. The molecule has 12 nitrogen and oxygen atoms in total. The highest BCUT2D eigenvalue weighted by Gasteiger charge is 2.54. The van der Waals surface area contributed by atoms with Gasteiger partial charge in [-0.1, -0.05) is 48.5 Å². The van der Waals surface area contributed by atoms with E-state index < -0.39 is 60.9 Å². The molecule has 4 rings (SSSR count). The molecule has 2 aromatic carbocycles. The van der Waals surface area contributed by atoms with Gasteiger partial charge in [0.15, 0.2) is 6.23 Å². The van der Waals surface area contributed by atoms with E-state index in [4.69, 9.17) is 30.1 Å².